The van der Waals surface area contributed by atoms with Gasteiger partial charge in [-0.2, -0.15) is 0 Å². The molecule has 1 saturated heterocycles. The van der Waals surface area contributed by atoms with Gasteiger partial charge in [-0.15, -0.1) is 12.4 Å². The Balaban J connectivity index is 0.00000264. The van der Waals surface area contributed by atoms with Gasteiger partial charge in [0.1, 0.15) is 0 Å². The van der Waals surface area contributed by atoms with Gasteiger partial charge in [0, 0.05) is 17.4 Å². The Morgan fingerprint density at radius 1 is 1.39 bits per heavy atom. The van der Waals surface area contributed by atoms with E-state index in [1.54, 1.807) is 6.07 Å². The van der Waals surface area contributed by atoms with Crippen molar-refractivity contribution in [3.8, 4) is 0 Å². The molecule has 1 aliphatic rings. The maximum Gasteiger partial charge on any atom is 0.240 e. The molecule has 23 heavy (non-hydrogen) atoms. The summed E-state index contributed by atoms with van der Waals surface area (Å²) in [6.45, 7) is 5.04. The molecule has 0 spiro atoms. The Morgan fingerprint density at radius 3 is 2.65 bits per heavy atom. The molecule has 2 unspecified atom stereocenters. The lowest BCUT2D eigenvalue weighted by molar-refractivity contribution is -0.114. The summed E-state index contributed by atoms with van der Waals surface area (Å²) >= 11 is 3.29. The summed E-state index contributed by atoms with van der Waals surface area (Å²) in [6, 6.07) is 4.50. The van der Waals surface area contributed by atoms with Crippen molar-refractivity contribution in [2.45, 2.75) is 31.2 Å². The van der Waals surface area contributed by atoms with Crippen molar-refractivity contribution in [3.05, 3.63) is 22.7 Å². The van der Waals surface area contributed by atoms with Crippen molar-refractivity contribution in [3.63, 3.8) is 0 Å². The van der Waals surface area contributed by atoms with Gasteiger partial charge < -0.3 is 10.6 Å². The lowest BCUT2D eigenvalue weighted by Crippen LogP contribution is -2.48. The normalized spacial score (nSPS) is 21.3. The highest BCUT2D eigenvalue weighted by Gasteiger charge is 2.26. The average molecular weight is 427 g/mol. The summed E-state index contributed by atoms with van der Waals surface area (Å²) in [5, 5.41) is 5.87. The second-order valence-corrected chi connectivity index (χ2v) is 8.09. The Bertz CT molecular complexity index is 669. The number of amides is 1. The number of nitrogens with one attached hydrogen (secondary N) is 3. The Hall–Kier alpha value is -0.670. The molecule has 6 nitrogen and oxygen atoms in total. The third kappa shape index (κ3) is 5.42. The van der Waals surface area contributed by atoms with Crippen LogP contribution < -0.4 is 15.4 Å². The van der Waals surface area contributed by atoms with Gasteiger partial charge in [-0.05, 0) is 59.6 Å². The van der Waals surface area contributed by atoms with Crippen LogP contribution in [0.1, 0.15) is 20.3 Å². The summed E-state index contributed by atoms with van der Waals surface area (Å²) in [7, 11) is -3.58. The molecule has 0 aliphatic carbocycles. The topological polar surface area (TPSA) is 87.3 Å². The second-order valence-electron chi connectivity index (χ2n) is 5.52. The smallest absolute Gasteiger partial charge is 0.240 e. The fraction of sp³-hybridized carbons (Fsp3) is 0.500. The lowest BCUT2D eigenvalue weighted by Gasteiger charge is -2.30. The van der Waals surface area contributed by atoms with Crippen LogP contribution in [0.3, 0.4) is 0 Å². The van der Waals surface area contributed by atoms with Crippen LogP contribution in [0.5, 0.6) is 0 Å². The molecule has 0 aromatic heterocycles. The molecule has 1 aromatic rings. The molecule has 1 amide bonds. The molecule has 1 heterocycles. The molecular weight excluding hydrogens is 406 g/mol. The van der Waals surface area contributed by atoms with Gasteiger partial charge in [0.25, 0.3) is 0 Å². The third-order valence-electron chi connectivity index (χ3n) is 3.65. The zero-order valence-corrected chi connectivity index (χ0v) is 16.1. The summed E-state index contributed by atoms with van der Waals surface area (Å²) in [5.41, 5.74) is 0.543. The monoisotopic (exact) mass is 425 g/mol. The summed E-state index contributed by atoms with van der Waals surface area (Å²) < 4.78 is 28.3. The number of rotatable bonds is 4. The van der Waals surface area contributed by atoms with Crippen molar-refractivity contribution in [2.75, 3.05) is 18.4 Å². The van der Waals surface area contributed by atoms with Crippen LogP contribution >= 0.6 is 28.3 Å². The van der Waals surface area contributed by atoms with Gasteiger partial charge in [-0.25, -0.2) is 13.1 Å². The SMILES string of the molecule is CC(=O)Nc1ccc(S(=O)(=O)NC2CCNCC2C)cc1Br.Cl. The summed E-state index contributed by atoms with van der Waals surface area (Å²) in [5.74, 6) is 0.0311. The van der Waals surface area contributed by atoms with Crippen molar-refractivity contribution in [1.29, 1.82) is 0 Å². The first kappa shape index (κ1) is 20.4. The van der Waals surface area contributed by atoms with Gasteiger partial charge in [0.15, 0.2) is 0 Å². The van der Waals surface area contributed by atoms with E-state index in [9.17, 15) is 13.2 Å². The van der Waals surface area contributed by atoms with Crippen LogP contribution in [-0.2, 0) is 14.8 Å². The molecule has 9 heteroatoms. The minimum atomic E-state index is -3.58. The van der Waals surface area contributed by atoms with Gasteiger partial charge >= 0.3 is 0 Å². The maximum absolute atomic E-state index is 12.5. The van der Waals surface area contributed by atoms with Gasteiger partial charge in [0.2, 0.25) is 15.9 Å². The largest absolute Gasteiger partial charge is 0.325 e. The molecule has 3 N–H and O–H groups in total. The van der Waals surface area contributed by atoms with Gasteiger partial charge in [0.05, 0.1) is 10.6 Å². The Morgan fingerprint density at radius 2 is 2.09 bits per heavy atom. The number of carbonyl (C=O) groups excluding carboxylic acids is 1. The number of hydrogen-bond acceptors (Lipinski definition) is 4. The standard InChI is InChI=1S/C14H20BrN3O3S.ClH/c1-9-8-16-6-5-13(9)18-22(20,21)11-3-4-14(12(15)7-11)17-10(2)19;/h3-4,7,9,13,16,18H,5-6,8H2,1-2H3,(H,17,19);1H. The van der Waals surface area contributed by atoms with Crippen molar-refractivity contribution in [2.24, 2.45) is 5.92 Å². The molecule has 0 radical (unpaired) electrons. The van der Waals surface area contributed by atoms with Crippen LogP contribution in [0.4, 0.5) is 5.69 Å². The van der Waals surface area contributed by atoms with Crippen LogP contribution in [0.2, 0.25) is 0 Å². The third-order valence-corrected chi connectivity index (χ3v) is 5.80. The lowest BCUT2D eigenvalue weighted by atomic mass is 9.97. The number of piperidine rings is 1. The molecule has 2 atom stereocenters. The van der Waals surface area contributed by atoms with E-state index in [1.807, 2.05) is 6.92 Å². The minimum absolute atomic E-state index is 0. The molecular formula is C14H21BrClN3O3S. The molecule has 1 aliphatic heterocycles. The first-order valence-corrected chi connectivity index (χ1v) is 9.37. The highest BCUT2D eigenvalue weighted by Crippen LogP contribution is 2.26. The van der Waals surface area contributed by atoms with Gasteiger partial charge in [-0.3, -0.25) is 4.79 Å². The van der Waals surface area contributed by atoms with Crippen molar-refractivity contribution in [1.82, 2.24) is 10.0 Å². The maximum atomic E-state index is 12.5. The number of carbonyl (C=O) groups is 1. The van der Waals surface area contributed by atoms with E-state index in [-0.39, 0.29) is 35.2 Å². The summed E-state index contributed by atoms with van der Waals surface area (Å²) in [4.78, 5) is 11.3. The summed E-state index contributed by atoms with van der Waals surface area (Å²) in [6.07, 6.45) is 0.769. The van der Waals surface area contributed by atoms with E-state index in [4.69, 9.17) is 0 Å². The van der Waals surface area contributed by atoms with Crippen LogP contribution in [0.25, 0.3) is 0 Å². The molecule has 0 bridgehead atoms. The highest BCUT2D eigenvalue weighted by molar-refractivity contribution is 9.10. The zero-order valence-electron chi connectivity index (χ0n) is 12.9. The number of benzene rings is 1. The van der Waals surface area contributed by atoms with E-state index in [2.05, 4.69) is 31.3 Å². The molecule has 1 aromatic carbocycles. The Kier molecular flexibility index (Phi) is 7.47. The number of sulfonamides is 1. The average Bonchev–Trinajstić information content (AvgIpc) is 2.43. The van der Waals surface area contributed by atoms with Crippen LogP contribution in [-0.4, -0.2) is 33.5 Å². The first-order valence-electron chi connectivity index (χ1n) is 7.10. The predicted octanol–water partition coefficient (Wildman–Crippen LogP) is 2.11. The van der Waals surface area contributed by atoms with Crippen molar-refractivity contribution >= 4 is 50.0 Å². The van der Waals surface area contributed by atoms with E-state index in [0.29, 0.717) is 10.2 Å². The zero-order chi connectivity index (χ0) is 16.3. The van der Waals surface area contributed by atoms with Crippen molar-refractivity contribution < 1.29 is 13.2 Å². The Labute approximate surface area is 151 Å². The number of halogens is 2. The number of anilines is 1. The highest BCUT2D eigenvalue weighted by atomic mass is 79.9. The van der Waals surface area contributed by atoms with E-state index >= 15 is 0 Å². The second kappa shape index (κ2) is 8.43. The van der Waals surface area contributed by atoms with E-state index in [0.717, 1.165) is 19.5 Å². The van der Waals surface area contributed by atoms with E-state index < -0.39 is 10.0 Å². The predicted molar refractivity (Wildman–Crippen MR) is 96.5 cm³/mol. The van der Waals surface area contributed by atoms with Crippen LogP contribution in [0.15, 0.2) is 27.6 Å². The fourth-order valence-corrected chi connectivity index (χ4v) is 4.44. The number of hydrogen-bond donors (Lipinski definition) is 3. The molecule has 2 rings (SSSR count). The fourth-order valence-electron chi connectivity index (χ4n) is 2.41. The first-order chi connectivity index (χ1) is 10.3. The van der Waals surface area contributed by atoms with Crippen LogP contribution in [0, 0.1) is 5.92 Å². The minimum Gasteiger partial charge on any atom is -0.325 e. The van der Waals surface area contributed by atoms with Gasteiger partial charge in [-0.1, -0.05) is 6.92 Å². The molecule has 0 saturated carbocycles. The molecule has 1 fully saturated rings. The quantitative estimate of drug-likeness (QED) is 0.688. The van der Waals surface area contributed by atoms with E-state index in [1.165, 1.54) is 19.1 Å². The molecule has 130 valence electrons.